The molecule has 0 N–H and O–H groups in total. The summed E-state index contributed by atoms with van der Waals surface area (Å²) in [5, 5.41) is 0. The van der Waals surface area contributed by atoms with Gasteiger partial charge >= 0.3 is 0 Å². The lowest BCUT2D eigenvalue weighted by molar-refractivity contribution is -0.186. The maximum absolute atomic E-state index is 5.32. The summed E-state index contributed by atoms with van der Waals surface area (Å²) in [6.07, 6.45) is 5.69. The lowest BCUT2D eigenvalue weighted by Gasteiger charge is -2.57. The van der Waals surface area contributed by atoms with Gasteiger partial charge < -0.3 is 9.64 Å². The van der Waals surface area contributed by atoms with Crippen LogP contribution < -0.4 is 0 Å². The third-order valence-corrected chi connectivity index (χ3v) is 4.36. The molecule has 1 unspecified atom stereocenters. The fourth-order valence-corrected chi connectivity index (χ4v) is 3.38. The molecule has 2 heterocycles. The van der Waals surface area contributed by atoms with E-state index >= 15 is 0 Å². The van der Waals surface area contributed by atoms with Gasteiger partial charge in [-0.25, -0.2) is 0 Å². The number of rotatable bonds is 1. The summed E-state index contributed by atoms with van der Waals surface area (Å²) in [7, 11) is 0. The Balaban J connectivity index is 1.52. The molecule has 1 spiro atoms. The zero-order valence-corrected chi connectivity index (χ0v) is 9.17. The fraction of sp³-hybridized carbons (Fsp3) is 1.00. The Kier molecular flexibility index (Phi) is 2.10. The average molecular weight is 195 g/mol. The molecule has 3 aliphatic rings. The van der Waals surface area contributed by atoms with Crippen LogP contribution in [0.3, 0.4) is 0 Å². The lowest BCUT2D eigenvalue weighted by atomic mass is 9.63. The SMILES string of the molecule is CC1CCCN(C2CC3(COC3)C2)C1. The molecule has 3 rings (SSSR count). The highest BCUT2D eigenvalue weighted by Crippen LogP contribution is 2.49. The highest BCUT2D eigenvalue weighted by atomic mass is 16.5. The molecule has 2 heteroatoms. The van der Waals surface area contributed by atoms with E-state index in [4.69, 9.17) is 4.74 Å². The fourth-order valence-electron chi connectivity index (χ4n) is 3.38. The van der Waals surface area contributed by atoms with Crippen LogP contribution in [0.25, 0.3) is 0 Å². The largest absolute Gasteiger partial charge is 0.380 e. The Morgan fingerprint density at radius 3 is 2.64 bits per heavy atom. The number of hydrogen-bond acceptors (Lipinski definition) is 2. The predicted molar refractivity (Wildman–Crippen MR) is 56.2 cm³/mol. The first-order valence-electron chi connectivity index (χ1n) is 6.09. The highest BCUT2D eigenvalue weighted by molar-refractivity contribution is 5.02. The van der Waals surface area contributed by atoms with Crippen molar-refractivity contribution in [1.82, 2.24) is 4.90 Å². The first-order valence-corrected chi connectivity index (χ1v) is 6.09. The van der Waals surface area contributed by atoms with Crippen LogP contribution in [0.15, 0.2) is 0 Å². The van der Waals surface area contributed by atoms with Crippen LogP contribution in [-0.2, 0) is 4.74 Å². The van der Waals surface area contributed by atoms with Crippen molar-refractivity contribution < 1.29 is 4.74 Å². The van der Waals surface area contributed by atoms with E-state index in [1.54, 1.807) is 0 Å². The van der Waals surface area contributed by atoms with E-state index in [2.05, 4.69) is 11.8 Å². The van der Waals surface area contributed by atoms with E-state index in [9.17, 15) is 0 Å². The molecular formula is C12H21NO. The van der Waals surface area contributed by atoms with E-state index in [1.807, 2.05) is 0 Å². The maximum atomic E-state index is 5.32. The minimum absolute atomic E-state index is 0.644. The molecule has 0 bridgehead atoms. The van der Waals surface area contributed by atoms with E-state index < -0.39 is 0 Å². The van der Waals surface area contributed by atoms with Gasteiger partial charge in [-0.05, 0) is 38.1 Å². The summed E-state index contributed by atoms with van der Waals surface area (Å²) in [5.74, 6) is 0.929. The predicted octanol–water partition coefficient (Wildman–Crippen LogP) is 1.90. The third kappa shape index (κ3) is 1.40. The van der Waals surface area contributed by atoms with E-state index in [1.165, 1.54) is 38.8 Å². The topological polar surface area (TPSA) is 12.5 Å². The van der Waals surface area contributed by atoms with Crippen LogP contribution in [0, 0.1) is 11.3 Å². The number of likely N-dealkylation sites (tertiary alicyclic amines) is 1. The molecule has 2 aliphatic heterocycles. The maximum Gasteiger partial charge on any atom is 0.0545 e. The summed E-state index contributed by atoms with van der Waals surface area (Å²) in [6, 6.07) is 0.904. The van der Waals surface area contributed by atoms with Crippen LogP contribution in [0.1, 0.15) is 32.6 Å². The molecule has 0 aromatic rings. The minimum Gasteiger partial charge on any atom is -0.380 e. The Labute approximate surface area is 86.6 Å². The van der Waals surface area contributed by atoms with Gasteiger partial charge in [-0.1, -0.05) is 6.92 Å². The van der Waals surface area contributed by atoms with Crippen molar-refractivity contribution in [2.24, 2.45) is 11.3 Å². The molecule has 0 aromatic heterocycles. The first-order chi connectivity index (χ1) is 6.77. The van der Waals surface area contributed by atoms with Crippen molar-refractivity contribution in [3.8, 4) is 0 Å². The van der Waals surface area contributed by atoms with Gasteiger partial charge in [-0.3, -0.25) is 0 Å². The van der Waals surface area contributed by atoms with Gasteiger partial charge in [0, 0.05) is 18.0 Å². The van der Waals surface area contributed by atoms with Crippen molar-refractivity contribution in [3.63, 3.8) is 0 Å². The quantitative estimate of drug-likeness (QED) is 0.633. The van der Waals surface area contributed by atoms with Gasteiger partial charge in [-0.2, -0.15) is 0 Å². The summed E-state index contributed by atoms with van der Waals surface area (Å²) in [4.78, 5) is 2.73. The van der Waals surface area contributed by atoms with Gasteiger partial charge in [0.25, 0.3) is 0 Å². The van der Waals surface area contributed by atoms with Crippen LogP contribution >= 0.6 is 0 Å². The molecule has 1 aliphatic carbocycles. The van der Waals surface area contributed by atoms with Crippen LogP contribution in [0.2, 0.25) is 0 Å². The standard InChI is InChI=1S/C12H21NO/c1-10-3-2-4-13(7-10)11-5-12(6-11)8-14-9-12/h10-11H,2-9H2,1H3. The number of hydrogen-bond donors (Lipinski definition) is 0. The molecule has 0 aromatic carbocycles. The van der Waals surface area contributed by atoms with Crippen LogP contribution in [0.4, 0.5) is 0 Å². The van der Waals surface area contributed by atoms with Crippen molar-refractivity contribution >= 4 is 0 Å². The average Bonchev–Trinajstić information content (AvgIpc) is 1.98. The molecule has 2 saturated heterocycles. The molecule has 1 saturated carbocycles. The van der Waals surface area contributed by atoms with Crippen LogP contribution in [-0.4, -0.2) is 37.2 Å². The monoisotopic (exact) mass is 195 g/mol. The molecule has 1 atom stereocenters. The zero-order valence-electron chi connectivity index (χ0n) is 9.17. The molecule has 14 heavy (non-hydrogen) atoms. The van der Waals surface area contributed by atoms with Gasteiger partial charge in [0.05, 0.1) is 13.2 Å². The smallest absolute Gasteiger partial charge is 0.0545 e. The van der Waals surface area contributed by atoms with Gasteiger partial charge in [0.2, 0.25) is 0 Å². The highest BCUT2D eigenvalue weighted by Gasteiger charge is 2.51. The molecule has 3 fully saturated rings. The normalized spacial score (nSPS) is 37.9. The lowest BCUT2D eigenvalue weighted by Crippen LogP contribution is -2.60. The van der Waals surface area contributed by atoms with Crippen molar-refractivity contribution in [1.29, 1.82) is 0 Å². The second-order valence-electron chi connectivity index (χ2n) is 5.80. The third-order valence-electron chi connectivity index (χ3n) is 4.36. The van der Waals surface area contributed by atoms with E-state index in [0.29, 0.717) is 5.41 Å². The Morgan fingerprint density at radius 1 is 1.29 bits per heavy atom. The Hall–Kier alpha value is -0.0800. The van der Waals surface area contributed by atoms with E-state index in [0.717, 1.165) is 25.2 Å². The number of piperidine rings is 1. The van der Waals surface area contributed by atoms with Crippen molar-refractivity contribution in [3.05, 3.63) is 0 Å². The van der Waals surface area contributed by atoms with Gasteiger partial charge in [0.1, 0.15) is 0 Å². The van der Waals surface area contributed by atoms with Crippen molar-refractivity contribution in [2.75, 3.05) is 26.3 Å². The first kappa shape index (κ1) is 9.17. The second-order valence-corrected chi connectivity index (χ2v) is 5.80. The van der Waals surface area contributed by atoms with Crippen LogP contribution in [0.5, 0.6) is 0 Å². The van der Waals surface area contributed by atoms with E-state index in [-0.39, 0.29) is 0 Å². The molecule has 2 nitrogen and oxygen atoms in total. The second kappa shape index (κ2) is 3.21. The Bertz CT molecular complexity index is 216. The minimum atomic E-state index is 0.644. The number of nitrogens with zero attached hydrogens (tertiary/aromatic N) is 1. The van der Waals surface area contributed by atoms with Gasteiger partial charge in [0.15, 0.2) is 0 Å². The number of ether oxygens (including phenoxy) is 1. The zero-order chi connectivity index (χ0) is 9.60. The molecule has 0 amide bonds. The van der Waals surface area contributed by atoms with Gasteiger partial charge in [-0.15, -0.1) is 0 Å². The Morgan fingerprint density at radius 2 is 2.07 bits per heavy atom. The summed E-state index contributed by atoms with van der Waals surface area (Å²) >= 11 is 0. The van der Waals surface area contributed by atoms with Crippen molar-refractivity contribution in [2.45, 2.75) is 38.6 Å². The molecular weight excluding hydrogens is 174 g/mol. The summed E-state index contributed by atoms with van der Waals surface area (Å²) in [5.41, 5.74) is 0.644. The summed E-state index contributed by atoms with van der Waals surface area (Å²) < 4.78 is 5.32. The molecule has 80 valence electrons. The molecule has 0 radical (unpaired) electrons. The summed E-state index contributed by atoms with van der Waals surface area (Å²) in [6.45, 7) is 7.19.